The molecule has 156 valence electrons. The zero-order valence-electron chi connectivity index (χ0n) is 17.5. The van der Waals surface area contributed by atoms with Crippen LogP contribution in [0.25, 0.3) is 0 Å². The first kappa shape index (κ1) is 22.6. The Morgan fingerprint density at radius 1 is 1.29 bits per heavy atom. The fourth-order valence-corrected chi connectivity index (χ4v) is 4.21. The minimum Gasteiger partial charge on any atom is -0.369 e. The van der Waals surface area contributed by atoms with Crippen LogP contribution in [0.1, 0.15) is 36.8 Å². The molecule has 1 aromatic rings. The summed E-state index contributed by atoms with van der Waals surface area (Å²) in [4.78, 5) is 19.3. The topological polar surface area (TPSA) is 82.8 Å². The lowest BCUT2D eigenvalue weighted by Crippen LogP contribution is -2.39. The van der Waals surface area contributed by atoms with Gasteiger partial charge < -0.3 is 21.3 Å². The Balaban J connectivity index is 1.62. The lowest BCUT2D eigenvalue weighted by Gasteiger charge is -2.30. The van der Waals surface area contributed by atoms with E-state index in [1.165, 1.54) is 16.0 Å². The summed E-state index contributed by atoms with van der Waals surface area (Å²) >= 11 is 1.78. The van der Waals surface area contributed by atoms with Crippen molar-refractivity contribution < 1.29 is 4.79 Å². The summed E-state index contributed by atoms with van der Waals surface area (Å²) in [5, 5.41) is 6.81. The standard InChI is InChI=1S/C21H35N5OS/c1-16-6-7-18(19(14-16)28-3)15-25-21(23-2)24-10-4-5-11-26-12-8-17(9-13-26)20(22)27/h6-7,14,17H,4-5,8-13,15H2,1-3H3,(H2,22,27)(H2,23,24,25). The molecule has 1 saturated heterocycles. The zero-order valence-corrected chi connectivity index (χ0v) is 18.3. The molecule has 0 unspecified atom stereocenters. The third-order valence-corrected chi connectivity index (χ3v) is 6.12. The number of hydrogen-bond acceptors (Lipinski definition) is 4. The number of primary amides is 1. The van der Waals surface area contributed by atoms with Crippen molar-refractivity contribution in [1.29, 1.82) is 0 Å². The van der Waals surface area contributed by atoms with Gasteiger partial charge in [0.05, 0.1) is 0 Å². The number of rotatable bonds is 9. The van der Waals surface area contributed by atoms with Gasteiger partial charge in [-0.05, 0) is 75.7 Å². The van der Waals surface area contributed by atoms with Crippen LogP contribution in [0.2, 0.25) is 0 Å². The summed E-state index contributed by atoms with van der Waals surface area (Å²) < 4.78 is 0. The number of likely N-dealkylation sites (tertiary alicyclic amines) is 1. The molecule has 0 spiro atoms. The average Bonchev–Trinajstić information content (AvgIpc) is 2.71. The van der Waals surface area contributed by atoms with Crippen LogP contribution in [0.15, 0.2) is 28.1 Å². The summed E-state index contributed by atoms with van der Waals surface area (Å²) in [6.07, 6.45) is 6.15. The number of carbonyl (C=O) groups excluding carboxylic acids is 1. The number of benzene rings is 1. The van der Waals surface area contributed by atoms with Gasteiger partial charge in [0, 0.05) is 31.0 Å². The third kappa shape index (κ3) is 7.36. The Kier molecular flexibility index (Phi) is 9.64. The normalized spacial score (nSPS) is 16.2. The average molecular weight is 406 g/mol. The summed E-state index contributed by atoms with van der Waals surface area (Å²) in [5.41, 5.74) is 7.97. The quantitative estimate of drug-likeness (QED) is 0.254. The van der Waals surface area contributed by atoms with Crippen molar-refractivity contribution in [2.45, 2.75) is 44.0 Å². The van der Waals surface area contributed by atoms with Crippen LogP contribution in [-0.4, -0.2) is 56.2 Å². The molecule has 1 aromatic carbocycles. The molecule has 28 heavy (non-hydrogen) atoms. The molecule has 1 heterocycles. The number of guanidine groups is 1. The molecule has 1 amide bonds. The number of unbranched alkanes of at least 4 members (excludes halogenated alkanes) is 1. The predicted octanol–water partition coefficient (Wildman–Crippen LogP) is 2.36. The Morgan fingerprint density at radius 2 is 2.04 bits per heavy atom. The van der Waals surface area contributed by atoms with Crippen molar-refractivity contribution in [3.05, 3.63) is 29.3 Å². The summed E-state index contributed by atoms with van der Waals surface area (Å²) in [7, 11) is 1.81. The van der Waals surface area contributed by atoms with Gasteiger partial charge in [-0.2, -0.15) is 0 Å². The second-order valence-electron chi connectivity index (χ2n) is 7.39. The monoisotopic (exact) mass is 405 g/mol. The second kappa shape index (κ2) is 12.0. The minimum atomic E-state index is -0.141. The van der Waals surface area contributed by atoms with E-state index in [1.807, 2.05) is 7.05 Å². The summed E-state index contributed by atoms with van der Waals surface area (Å²) in [6.45, 7) is 6.85. The molecule has 4 N–H and O–H groups in total. The molecule has 0 radical (unpaired) electrons. The number of aryl methyl sites for hydroxylation is 1. The van der Waals surface area contributed by atoms with E-state index in [1.54, 1.807) is 11.8 Å². The van der Waals surface area contributed by atoms with Gasteiger partial charge in [0.25, 0.3) is 0 Å². The number of nitrogens with one attached hydrogen (secondary N) is 2. The van der Waals surface area contributed by atoms with Crippen LogP contribution in [0.5, 0.6) is 0 Å². The van der Waals surface area contributed by atoms with Gasteiger partial charge in [0.2, 0.25) is 5.91 Å². The molecule has 1 aliphatic heterocycles. The van der Waals surface area contributed by atoms with Crippen LogP contribution in [0.4, 0.5) is 0 Å². The summed E-state index contributed by atoms with van der Waals surface area (Å²) in [5.74, 6) is 0.778. The molecular weight excluding hydrogens is 370 g/mol. The molecule has 0 aliphatic carbocycles. The van der Waals surface area contributed by atoms with E-state index < -0.39 is 0 Å². The van der Waals surface area contributed by atoms with Gasteiger partial charge in [-0.3, -0.25) is 9.79 Å². The SMILES string of the molecule is CN=C(NCCCCN1CCC(C(N)=O)CC1)NCc1ccc(C)cc1SC. The van der Waals surface area contributed by atoms with Crippen LogP contribution >= 0.6 is 11.8 Å². The maximum Gasteiger partial charge on any atom is 0.220 e. The van der Waals surface area contributed by atoms with E-state index in [0.29, 0.717) is 0 Å². The second-order valence-corrected chi connectivity index (χ2v) is 8.24. The van der Waals surface area contributed by atoms with Crippen LogP contribution < -0.4 is 16.4 Å². The van der Waals surface area contributed by atoms with Crippen molar-refractivity contribution in [1.82, 2.24) is 15.5 Å². The van der Waals surface area contributed by atoms with E-state index in [-0.39, 0.29) is 11.8 Å². The van der Waals surface area contributed by atoms with Gasteiger partial charge in [-0.25, -0.2) is 0 Å². The Bertz CT molecular complexity index is 656. The Labute approximate surface area is 173 Å². The zero-order chi connectivity index (χ0) is 20.4. The van der Waals surface area contributed by atoms with Crippen LogP contribution in [-0.2, 0) is 11.3 Å². The fourth-order valence-electron chi connectivity index (χ4n) is 3.51. The number of piperidine rings is 1. The molecule has 1 aliphatic rings. The highest BCUT2D eigenvalue weighted by Gasteiger charge is 2.22. The molecule has 2 rings (SSSR count). The number of hydrogen-bond donors (Lipinski definition) is 3. The van der Waals surface area contributed by atoms with Gasteiger partial charge >= 0.3 is 0 Å². The van der Waals surface area contributed by atoms with Crippen molar-refractivity contribution in [3.8, 4) is 0 Å². The van der Waals surface area contributed by atoms with E-state index in [2.05, 4.69) is 51.9 Å². The van der Waals surface area contributed by atoms with Gasteiger partial charge in [-0.15, -0.1) is 11.8 Å². The van der Waals surface area contributed by atoms with Crippen LogP contribution in [0, 0.1) is 12.8 Å². The van der Waals surface area contributed by atoms with E-state index in [9.17, 15) is 4.79 Å². The number of aliphatic imine (C=N–C) groups is 1. The Hall–Kier alpha value is -1.73. The first-order chi connectivity index (χ1) is 13.5. The molecule has 6 nitrogen and oxygen atoms in total. The van der Waals surface area contributed by atoms with Crippen molar-refractivity contribution in [2.24, 2.45) is 16.6 Å². The van der Waals surface area contributed by atoms with Crippen molar-refractivity contribution in [3.63, 3.8) is 0 Å². The lowest BCUT2D eigenvalue weighted by atomic mass is 9.96. The summed E-state index contributed by atoms with van der Waals surface area (Å²) in [6, 6.07) is 6.56. The van der Waals surface area contributed by atoms with Gasteiger partial charge in [0.15, 0.2) is 5.96 Å². The molecular formula is C21H35N5OS. The van der Waals surface area contributed by atoms with Crippen molar-refractivity contribution >= 4 is 23.6 Å². The highest BCUT2D eigenvalue weighted by atomic mass is 32.2. The third-order valence-electron chi connectivity index (χ3n) is 5.30. The first-order valence-electron chi connectivity index (χ1n) is 10.1. The first-order valence-corrected chi connectivity index (χ1v) is 11.4. The molecule has 0 bridgehead atoms. The number of amides is 1. The van der Waals surface area contributed by atoms with Gasteiger partial charge in [-0.1, -0.05) is 12.1 Å². The molecule has 1 fully saturated rings. The molecule has 0 aromatic heterocycles. The molecule has 0 atom stereocenters. The smallest absolute Gasteiger partial charge is 0.220 e. The largest absolute Gasteiger partial charge is 0.369 e. The maximum atomic E-state index is 11.2. The number of carbonyl (C=O) groups is 1. The Morgan fingerprint density at radius 3 is 2.68 bits per heavy atom. The minimum absolute atomic E-state index is 0.0764. The predicted molar refractivity (Wildman–Crippen MR) is 119 cm³/mol. The maximum absolute atomic E-state index is 11.2. The van der Waals surface area contributed by atoms with Crippen LogP contribution in [0.3, 0.4) is 0 Å². The van der Waals surface area contributed by atoms with E-state index in [4.69, 9.17) is 5.73 Å². The van der Waals surface area contributed by atoms with Gasteiger partial charge in [0.1, 0.15) is 0 Å². The van der Waals surface area contributed by atoms with E-state index in [0.717, 1.165) is 64.4 Å². The number of nitrogens with zero attached hydrogens (tertiary/aromatic N) is 2. The fraction of sp³-hybridized carbons (Fsp3) is 0.619. The van der Waals surface area contributed by atoms with Crippen molar-refractivity contribution in [2.75, 3.05) is 39.5 Å². The van der Waals surface area contributed by atoms with E-state index >= 15 is 0 Å². The highest BCUT2D eigenvalue weighted by Crippen LogP contribution is 2.21. The molecule has 0 saturated carbocycles. The number of nitrogens with two attached hydrogens (primary N) is 1. The number of thioether (sulfide) groups is 1. The molecule has 7 heteroatoms. The highest BCUT2D eigenvalue weighted by molar-refractivity contribution is 7.98. The lowest BCUT2D eigenvalue weighted by molar-refractivity contribution is -0.123.